The first-order valence-corrected chi connectivity index (χ1v) is 43.7. The highest BCUT2D eigenvalue weighted by molar-refractivity contribution is 6.32. The smallest absolute Gasteiger partial charge is 0.330 e. The molecule has 0 unspecified atom stereocenters. The first kappa shape index (κ1) is 98.5. The fraction of sp³-hybridized carbons (Fsp3) is 0.418. The number of aliphatic carboxylic acids is 1. The molecule has 0 radical (unpaired) electrons. The van der Waals surface area contributed by atoms with Gasteiger partial charge >= 0.3 is 5.97 Å². The van der Waals surface area contributed by atoms with Crippen molar-refractivity contribution in [2.75, 3.05) is 26.3 Å². The molecular formula is C91H100Cl2N10O32. The lowest BCUT2D eigenvalue weighted by Gasteiger charge is -2.44. The minimum absolute atomic E-state index is 0.0301. The molecule has 9 heterocycles. The lowest BCUT2D eigenvalue weighted by atomic mass is 9.89. The molecule has 0 aliphatic carbocycles. The fourth-order valence-corrected chi connectivity index (χ4v) is 17.2. The van der Waals surface area contributed by atoms with Crippen LogP contribution in [-0.2, 0) is 68.5 Å². The number of phenolic OH excluding ortho intramolecular Hbond substituents is 4. The van der Waals surface area contributed by atoms with Crippen LogP contribution in [0, 0.1) is 18.3 Å². The van der Waals surface area contributed by atoms with E-state index in [0.717, 1.165) is 111 Å². The number of aliphatic hydroxyl groups excluding tert-OH is 9. The molecular weight excluding hydrogens is 1820 g/mol. The average Bonchev–Trinajstić information content (AvgIpc) is 0.724. The molecule has 0 saturated carbocycles. The van der Waals surface area contributed by atoms with E-state index in [-0.39, 0.29) is 58.5 Å². The van der Waals surface area contributed by atoms with E-state index < -0.39 is 303 Å². The van der Waals surface area contributed by atoms with Gasteiger partial charge < -0.3 is 168 Å². The Labute approximate surface area is 778 Å². The van der Waals surface area contributed by atoms with Gasteiger partial charge in [-0.25, -0.2) is 4.79 Å². The molecule has 0 spiro atoms. The quantitative estimate of drug-likeness (QED) is 0.0355. The summed E-state index contributed by atoms with van der Waals surface area (Å²) >= 11 is 14.8. The number of aromatic hydroxyl groups is 4. The van der Waals surface area contributed by atoms with E-state index in [0.29, 0.717) is 18.8 Å². The lowest BCUT2D eigenvalue weighted by Crippen LogP contribution is -2.66. The number of benzene rings is 7. The second kappa shape index (κ2) is 42.2. The Morgan fingerprint density at radius 3 is 1.77 bits per heavy atom. The fourth-order valence-electron chi connectivity index (χ4n) is 16.8. The molecule has 0 aromatic heterocycles. The van der Waals surface area contributed by atoms with Gasteiger partial charge in [-0.15, -0.1) is 6.42 Å². The normalized spacial score (nSPS) is 28.5. The number of ether oxygens (including phenoxy) is 9. The number of carboxylic acids is 1. The molecule has 9 aliphatic rings. The molecule has 9 aliphatic heterocycles. The Kier molecular flexibility index (Phi) is 30.8. The summed E-state index contributed by atoms with van der Waals surface area (Å²) in [6.45, 7) is 2.59. The van der Waals surface area contributed by atoms with E-state index in [1.54, 1.807) is 0 Å². The Balaban J connectivity index is 1.04. The van der Waals surface area contributed by atoms with Crippen molar-refractivity contribution >= 4 is 76.4 Å². The van der Waals surface area contributed by atoms with Crippen LogP contribution in [0.4, 0.5) is 0 Å². The third-order valence-corrected chi connectivity index (χ3v) is 24.4. The number of carboxylic acid groups (broad SMARTS) is 1. The largest absolute Gasteiger partial charge is 0.508 e. The lowest BCUT2D eigenvalue weighted by molar-refractivity contribution is -0.284. The van der Waals surface area contributed by atoms with Crippen molar-refractivity contribution < 1.29 is 157 Å². The number of terminal acetylenes is 1. The van der Waals surface area contributed by atoms with Crippen molar-refractivity contribution in [2.24, 2.45) is 11.7 Å². The van der Waals surface area contributed by atoms with E-state index in [9.17, 15) is 90.7 Å². The van der Waals surface area contributed by atoms with Crippen molar-refractivity contribution in [3.63, 3.8) is 0 Å². The number of carbonyl (C=O) groups is 9. The van der Waals surface area contributed by atoms with E-state index in [4.69, 9.17) is 78.0 Å². The van der Waals surface area contributed by atoms with Gasteiger partial charge in [-0.3, -0.25) is 38.4 Å². The van der Waals surface area contributed by atoms with Crippen LogP contribution >= 0.6 is 23.2 Å². The molecule has 720 valence electrons. The summed E-state index contributed by atoms with van der Waals surface area (Å²) in [5.41, 5.74) is 2.87. The van der Waals surface area contributed by atoms with Gasteiger partial charge in [0, 0.05) is 55.1 Å². The Morgan fingerprint density at radius 2 is 1.12 bits per heavy atom. The van der Waals surface area contributed by atoms with Gasteiger partial charge in [-0.2, -0.15) is 0 Å². The number of nitrogens with one attached hydrogen (secondary N) is 9. The zero-order valence-electron chi connectivity index (χ0n) is 72.1. The molecule has 7 aromatic carbocycles. The number of unbranched alkanes of at least 4 members (excludes halogenated alkanes) is 3. The van der Waals surface area contributed by atoms with Gasteiger partial charge in [0.25, 0.3) is 0 Å². The number of phenols is 4. The molecule has 44 heteroatoms. The second-order valence-corrected chi connectivity index (χ2v) is 34.6. The van der Waals surface area contributed by atoms with Gasteiger partial charge in [0.15, 0.2) is 35.3 Å². The first-order chi connectivity index (χ1) is 64.4. The Hall–Kier alpha value is -12.5. The van der Waals surface area contributed by atoms with E-state index >= 15 is 24.0 Å². The molecule has 23 atom stereocenters. The summed E-state index contributed by atoms with van der Waals surface area (Å²) in [6.07, 6.45) is -19.7. The minimum Gasteiger partial charge on any atom is -0.508 e. The van der Waals surface area contributed by atoms with Crippen molar-refractivity contribution in [3.8, 4) is 92.5 Å². The van der Waals surface area contributed by atoms with Gasteiger partial charge in [0.2, 0.25) is 65.6 Å². The van der Waals surface area contributed by atoms with Gasteiger partial charge in [0.05, 0.1) is 29.8 Å². The summed E-state index contributed by atoms with van der Waals surface area (Å²) < 4.78 is 58.1. The predicted molar refractivity (Wildman–Crippen MR) is 468 cm³/mol. The Morgan fingerprint density at radius 1 is 0.541 bits per heavy atom. The van der Waals surface area contributed by atoms with Crippen LogP contribution in [-0.4, -0.2) is 255 Å². The number of hydrogen-bond acceptors (Lipinski definition) is 33. The summed E-state index contributed by atoms with van der Waals surface area (Å²) in [5, 5.41) is 183. The zero-order chi connectivity index (χ0) is 97.0. The van der Waals surface area contributed by atoms with Crippen molar-refractivity contribution in [1.29, 1.82) is 0 Å². The molecule has 16 rings (SSSR count). The van der Waals surface area contributed by atoms with Crippen molar-refractivity contribution in [3.05, 3.63) is 164 Å². The van der Waals surface area contributed by atoms with Crippen molar-refractivity contribution in [1.82, 2.24) is 47.9 Å². The summed E-state index contributed by atoms with van der Waals surface area (Å²) in [5.74, 6) is -16.5. The third-order valence-electron chi connectivity index (χ3n) is 23.8. The van der Waals surface area contributed by atoms with Gasteiger partial charge in [0.1, 0.15) is 156 Å². The van der Waals surface area contributed by atoms with Gasteiger partial charge in [-0.05, 0) is 125 Å². The zero-order valence-corrected chi connectivity index (χ0v) is 73.6. The third kappa shape index (κ3) is 21.9. The van der Waals surface area contributed by atoms with E-state index in [1.807, 2.05) is 0 Å². The highest BCUT2D eigenvalue weighted by atomic mass is 35.5. The monoisotopic (exact) mass is 1910 g/mol. The first-order valence-electron chi connectivity index (χ1n) is 43.0. The molecule has 3 fully saturated rings. The molecule has 17 bridgehead atoms. The van der Waals surface area contributed by atoms with Crippen molar-refractivity contribution in [2.45, 2.75) is 206 Å². The molecule has 3 saturated heterocycles. The van der Waals surface area contributed by atoms with Crippen LogP contribution < -0.4 is 77.3 Å². The van der Waals surface area contributed by atoms with Crippen LogP contribution in [0.5, 0.6) is 69.0 Å². The Bertz CT molecular complexity index is 5710. The molecule has 135 heavy (non-hydrogen) atoms. The number of aliphatic hydroxyl groups is 9. The number of carbonyl (C=O) groups excluding carboxylic acids is 8. The topological polar surface area (TPSA) is 654 Å². The summed E-state index contributed by atoms with van der Waals surface area (Å²) in [6, 6.07) is 0.958. The highest BCUT2D eigenvalue weighted by Crippen LogP contribution is 2.51. The van der Waals surface area contributed by atoms with Gasteiger partial charge in [-0.1, -0.05) is 92.9 Å². The number of nitrogens with two attached hydrogens (primary N) is 1. The summed E-state index contributed by atoms with van der Waals surface area (Å²) in [4.78, 5) is 139. The number of amides is 8. The maximum absolute atomic E-state index is 17.1. The van der Waals surface area contributed by atoms with E-state index in [2.05, 4.69) is 67.6 Å². The number of rotatable bonds is 21. The number of halogens is 2. The second-order valence-electron chi connectivity index (χ2n) is 33.8. The van der Waals surface area contributed by atoms with Crippen LogP contribution in [0.1, 0.15) is 135 Å². The van der Waals surface area contributed by atoms with Crippen LogP contribution in [0.25, 0.3) is 11.1 Å². The minimum atomic E-state index is -2.59. The predicted octanol–water partition coefficient (Wildman–Crippen LogP) is 1.25. The number of hydrogen-bond donors (Lipinski definition) is 24. The average molecular weight is 1920 g/mol. The molecule has 25 N–H and O–H groups in total. The van der Waals surface area contributed by atoms with Crippen LogP contribution in [0.15, 0.2) is 115 Å². The van der Waals surface area contributed by atoms with E-state index in [1.165, 1.54) is 30.3 Å². The van der Waals surface area contributed by atoms with Crippen LogP contribution in [0.3, 0.4) is 0 Å². The standard InChI is InChI=1S/C91H100Cl2N10O32/c1-5-20-95-33-60-73(112)77(116)71(98-63(111)11-9-7-6-8-10-36(2)3)90(131-60)135-81-58-28-43-29-59(81)129-55-19-15-41(26-50(55)93)80(134-89-70(96-37(4)106)76(115)74(113)61(34-104)132-89)72-87(124)102-69(88(125)126)48-31-45(108)32-57(130-91-79(118)78(117)75(114)62(35-105)133-91)64(48)47-25-40(14-16-52(47)109)66(84(121)103-72)100-86(123)68(43)101-85(122)67-42-23-44(107)30-46(24-42)127-56-27-39(13-17-53(56)110)65(94)83(120)97-51(82(119)99-67)22-38-12-18-54(128-58)49(92)21-38/h1,12-19,21,23-32,36,51,60-62,65-80,89-91,95,104-105,107-110,112-118H,6-11,20,22,33-35,94H2,2-4H3,(H,96,106)(H,97,120)(H,98,111)(H,99,119)(H,100,123)(H,101,122)(H,102,124)(H,103,121)(H,125,126)/t51-,60-,61-,62-,65-,66-,67+,68-,69+,70-,71-,72+,73-,74-,75-,76-,77-,78+,79+,80-,89+,90+,91+/m1/s1. The molecule has 8 amide bonds. The maximum Gasteiger partial charge on any atom is 0.330 e. The molecule has 42 nitrogen and oxygen atoms in total. The number of fused-ring (bicyclic) bond motifs is 14. The van der Waals surface area contributed by atoms with Crippen LogP contribution in [0.2, 0.25) is 10.0 Å². The maximum atomic E-state index is 17.1. The SMILES string of the molecule is C#CCNC[C@H]1O[C@@H](Oc2c3cc4cc2Oc2ccc(cc2Cl)[C@@H](O[C@@H]2O[C@H](CO)[C@@H](O)[C@H](O)[C@H]2NC(C)=O)[C@@H]2NC(=O)[C@H](NC(=O)[C@@H]4NC(=O)[C@H]4NC(=O)[C@@H](Cc5ccc(c(Cl)c5)O3)NC(=O)[C@H](N)c3ccc(O)c(c3)Oc3cc(O)cc4c3)c3ccc(O)c(c3)-c3c(O[C@H]4O[C@H](CO)[C@@H](O)[C@H](O)[C@@H]4O)cc(O)cc3[C@@H](C(=O)O)NC2=O)[C@H](NC(=O)CCCCCCC(C)C)[C@@H](O)[C@@H]1O. The summed E-state index contributed by atoms with van der Waals surface area (Å²) in [7, 11) is 0. The highest BCUT2D eigenvalue weighted by Gasteiger charge is 2.52. The molecule has 7 aromatic rings.